The van der Waals surface area contributed by atoms with Gasteiger partial charge in [-0.3, -0.25) is 4.99 Å². The first kappa shape index (κ1) is 10.2. The monoisotopic (exact) mass is 212 g/mol. The fourth-order valence-corrected chi connectivity index (χ4v) is 2.38. The zero-order valence-corrected chi connectivity index (χ0v) is 9.13. The number of dihydropyridines is 1. The van der Waals surface area contributed by atoms with Crippen molar-refractivity contribution < 1.29 is 0 Å². The summed E-state index contributed by atoms with van der Waals surface area (Å²) in [5, 5.41) is 3.50. The number of piperidine rings is 1. The molecule has 78 valence electrons. The van der Waals surface area contributed by atoms with Crippen molar-refractivity contribution in [2.75, 3.05) is 19.6 Å². The fourth-order valence-electron chi connectivity index (χ4n) is 2.14. The molecule has 0 aromatic carbocycles. The highest BCUT2D eigenvalue weighted by Gasteiger charge is 2.15. The maximum Gasteiger partial charge on any atom is 0.0717 e. The zero-order chi connectivity index (χ0) is 9.80. The van der Waals surface area contributed by atoms with Gasteiger partial charge in [-0.15, -0.1) is 11.6 Å². The van der Waals surface area contributed by atoms with Gasteiger partial charge in [-0.25, -0.2) is 0 Å². The van der Waals surface area contributed by atoms with Gasteiger partial charge in [0.15, 0.2) is 0 Å². The van der Waals surface area contributed by atoms with Crippen LogP contribution in [0.4, 0.5) is 0 Å². The lowest BCUT2D eigenvalue weighted by Gasteiger charge is -2.23. The van der Waals surface area contributed by atoms with Gasteiger partial charge < -0.3 is 5.32 Å². The maximum atomic E-state index is 6.03. The fraction of sp³-hybridized carbons (Fsp3) is 0.727. The Kier molecular flexibility index (Phi) is 3.60. The molecular weight excluding hydrogens is 196 g/mol. The van der Waals surface area contributed by atoms with E-state index in [2.05, 4.69) is 16.4 Å². The number of allylic oxidation sites excluding steroid dienone is 1. The van der Waals surface area contributed by atoms with Gasteiger partial charge in [0.25, 0.3) is 0 Å². The minimum absolute atomic E-state index is 0.122. The molecule has 0 amide bonds. The van der Waals surface area contributed by atoms with Crippen molar-refractivity contribution in [1.29, 1.82) is 0 Å². The van der Waals surface area contributed by atoms with E-state index in [9.17, 15) is 0 Å². The summed E-state index contributed by atoms with van der Waals surface area (Å²) in [4.78, 5) is 4.26. The summed E-state index contributed by atoms with van der Waals surface area (Å²) in [7, 11) is 0. The first-order valence-corrected chi connectivity index (χ1v) is 5.83. The Balaban J connectivity index is 1.86. The summed E-state index contributed by atoms with van der Waals surface area (Å²) >= 11 is 6.03. The third kappa shape index (κ3) is 2.82. The second-order valence-electron chi connectivity index (χ2n) is 4.15. The molecule has 1 N–H and O–H groups in total. The van der Waals surface area contributed by atoms with Gasteiger partial charge in [0.05, 0.1) is 11.9 Å². The molecule has 0 radical (unpaired) electrons. The molecule has 2 heterocycles. The van der Waals surface area contributed by atoms with Crippen LogP contribution in [0.1, 0.15) is 19.3 Å². The van der Waals surface area contributed by atoms with Crippen molar-refractivity contribution in [3.8, 4) is 0 Å². The van der Waals surface area contributed by atoms with Crippen LogP contribution in [0.5, 0.6) is 0 Å². The summed E-state index contributed by atoms with van der Waals surface area (Å²) in [6.07, 6.45) is 7.90. The normalized spacial score (nSPS) is 28.9. The van der Waals surface area contributed by atoms with Crippen molar-refractivity contribution in [1.82, 2.24) is 5.32 Å². The highest BCUT2D eigenvalue weighted by atomic mass is 35.5. The van der Waals surface area contributed by atoms with Crippen molar-refractivity contribution in [2.45, 2.75) is 24.6 Å². The largest absolute Gasteiger partial charge is 0.317 e. The SMILES string of the molecule is ClC1C=C(CC2CCNCC2)C=NC1. The van der Waals surface area contributed by atoms with Gasteiger partial charge in [0, 0.05) is 6.21 Å². The molecule has 2 rings (SSSR count). The Labute approximate surface area is 90.4 Å². The first-order valence-electron chi connectivity index (χ1n) is 5.40. The molecule has 2 aliphatic rings. The van der Waals surface area contributed by atoms with E-state index in [0.717, 1.165) is 18.9 Å². The summed E-state index contributed by atoms with van der Waals surface area (Å²) in [6.45, 7) is 3.08. The van der Waals surface area contributed by atoms with E-state index in [4.69, 9.17) is 11.6 Å². The van der Waals surface area contributed by atoms with Crippen LogP contribution in [-0.4, -0.2) is 31.2 Å². The molecule has 0 aliphatic carbocycles. The number of nitrogens with zero attached hydrogens (tertiary/aromatic N) is 1. The molecule has 0 saturated carbocycles. The van der Waals surface area contributed by atoms with E-state index in [1.807, 2.05) is 6.21 Å². The summed E-state index contributed by atoms with van der Waals surface area (Å²) in [6, 6.07) is 0. The minimum atomic E-state index is 0.122. The van der Waals surface area contributed by atoms with Gasteiger partial charge in [-0.05, 0) is 43.8 Å². The Hall–Kier alpha value is -0.340. The van der Waals surface area contributed by atoms with Crippen LogP contribution in [-0.2, 0) is 0 Å². The number of aliphatic imine (C=N–C) groups is 1. The molecule has 1 fully saturated rings. The van der Waals surface area contributed by atoms with E-state index in [1.54, 1.807) is 0 Å². The minimum Gasteiger partial charge on any atom is -0.317 e. The van der Waals surface area contributed by atoms with Crippen LogP contribution in [0.2, 0.25) is 0 Å². The van der Waals surface area contributed by atoms with Crippen LogP contribution >= 0.6 is 11.6 Å². The molecular formula is C11H17ClN2. The molecule has 2 aliphatic heterocycles. The van der Waals surface area contributed by atoms with Crippen LogP contribution in [0.15, 0.2) is 16.6 Å². The molecule has 1 unspecified atom stereocenters. The van der Waals surface area contributed by atoms with Gasteiger partial charge in [-0.1, -0.05) is 6.08 Å². The van der Waals surface area contributed by atoms with E-state index < -0.39 is 0 Å². The lowest BCUT2D eigenvalue weighted by atomic mass is 9.90. The Morgan fingerprint density at radius 3 is 2.93 bits per heavy atom. The second kappa shape index (κ2) is 4.94. The van der Waals surface area contributed by atoms with Gasteiger partial charge in [0.2, 0.25) is 0 Å². The molecule has 0 bridgehead atoms. The Morgan fingerprint density at radius 1 is 1.43 bits per heavy atom. The number of rotatable bonds is 2. The van der Waals surface area contributed by atoms with E-state index >= 15 is 0 Å². The molecule has 1 atom stereocenters. The number of hydrogen-bond acceptors (Lipinski definition) is 2. The van der Waals surface area contributed by atoms with E-state index in [-0.39, 0.29) is 5.38 Å². The quantitative estimate of drug-likeness (QED) is 0.696. The number of nitrogens with one attached hydrogen (secondary N) is 1. The number of alkyl halides is 1. The molecule has 0 aromatic rings. The van der Waals surface area contributed by atoms with Crippen LogP contribution in [0.25, 0.3) is 0 Å². The Morgan fingerprint density at radius 2 is 2.21 bits per heavy atom. The molecule has 14 heavy (non-hydrogen) atoms. The van der Waals surface area contributed by atoms with Crippen LogP contribution in [0.3, 0.4) is 0 Å². The van der Waals surface area contributed by atoms with Crippen molar-refractivity contribution in [3.05, 3.63) is 11.6 Å². The molecule has 1 saturated heterocycles. The van der Waals surface area contributed by atoms with Gasteiger partial charge in [0.1, 0.15) is 0 Å². The number of halogens is 1. The van der Waals surface area contributed by atoms with E-state index in [1.165, 1.54) is 31.5 Å². The predicted molar refractivity (Wildman–Crippen MR) is 61.3 cm³/mol. The van der Waals surface area contributed by atoms with E-state index in [0.29, 0.717) is 0 Å². The first-order chi connectivity index (χ1) is 6.84. The molecule has 0 spiro atoms. The molecule has 0 aromatic heterocycles. The third-order valence-electron chi connectivity index (χ3n) is 2.91. The van der Waals surface area contributed by atoms with Crippen LogP contribution in [0, 0.1) is 5.92 Å². The summed E-state index contributed by atoms with van der Waals surface area (Å²) in [5.74, 6) is 0.830. The highest BCUT2D eigenvalue weighted by molar-refractivity contribution is 6.22. The van der Waals surface area contributed by atoms with Gasteiger partial charge in [-0.2, -0.15) is 0 Å². The van der Waals surface area contributed by atoms with Crippen molar-refractivity contribution in [2.24, 2.45) is 10.9 Å². The lowest BCUT2D eigenvalue weighted by Crippen LogP contribution is -2.28. The predicted octanol–water partition coefficient (Wildman–Crippen LogP) is 1.99. The summed E-state index contributed by atoms with van der Waals surface area (Å²) < 4.78 is 0. The summed E-state index contributed by atoms with van der Waals surface area (Å²) in [5.41, 5.74) is 1.34. The average Bonchev–Trinajstić information content (AvgIpc) is 2.19. The second-order valence-corrected chi connectivity index (χ2v) is 4.71. The zero-order valence-electron chi connectivity index (χ0n) is 8.38. The maximum absolute atomic E-state index is 6.03. The molecule has 2 nitrogen and oxygen atoms in total. The topological polar surface area (TPSA) is 24.4 Å². The van der Waals surface area contributed by atoms with Crippen molar-refractivity contribution >= 4 is 17.8 Å². The van der Waals surface area contributed by atoms with Crippen molar-refractivity contribution in [3.63, 3.8) is 0 Å². The number of hydrogen-bond donors (Lipinski definition) is 1. The third-order valence-corrected chi connectivity index (χ3v) is 3.18. The highest BCUT2D eigenvalue weighted by Crippen LogP contribution is 2.22. The molecule has 3 heteroatoms. The van der Waals surface area contributed by atoms with Crippen LogP contribution < -0.4 is 5.32 Å². The lowest BCUT2D eigenvalue weighted by molar-refractivity contribution is 0.374. The standard InChI is InChI=1S/C11H17ClN2/c12-11-6-10(7-14-8-11)5-9-1-3-13-4-2-9/h6-7,9,11,13H,1-5,8H2. The smallest absolute Gasteiger partial charge is 0.0717 e. The van der Waals surface area contributed by atoms with Gasteiger partial charge >= 0.3 is 0 Å². The average molecular weight is 213 g/mol. The Bertz CT molecular complexity index is 242.